The lowest BCUT2D eigenvalue weighted by atomic mass is 10.3. The highest BCUT2D eigenvalue weighted by molar-refractivity contribution is 14.2. The van der Waals surface area contributed by atoms with Gasteiger partial charge in [0.25, 0.3) is 0 Å². The Kier molecular flexibility index (Phi) is 7.08. The van der Waals surface area contributed by atoms with Gasteiger partial charge in [-0.1, -0.05) is 45.7 Å². The first-order valence-corrected chi connectivity index (χ1v) is 7.65. The molecule has 1 rings (SSSR count). The zero-order valence-corrected chi connectivity index (χ0v) is 9.29. The van der Waals surface area contributed by atoms with Crippen molar-refractivity contribution in [3.63, 3.8) is 0 Å². The Bertz CT molecular complexity index is 178. The minimum atomic E-state index is -0.150. The Morgan fingerprint density at radius 2 is 1.73 bits per heavy atom. The van der Waals surface area contributed by atoms with Crippen molar-refractivity contribution in [1.29, 1.82) is 0 Å². The smallest absolute Gasteiger partial charge is 0.123 e. The number of rotatable bonds is 0. The molecule has 0 aliphatic carbocycles. The van der Waals surface area contributed by atoms with Crippen molar-refractivity contribution in [3.05, 3.63) is 30.3 Å². The van der Waals surface area contributed by atoms with Gasteiger partial charge < -0.3 is 5.11 Å². The second-order valence-corrected chi connectivity index (χ2v) is 7.48. The standard InChI is InChI=1S/C6H6O.CH3BIP/c7-6-4-2-1-3-5-6;1-4(2)3/h1-5,7H;1H3. The van der Waals surface area contributed by atoms with Gasteiger partial charge in [-0.15, -0.1) is 0 Å². The maximum atomic E-state index is 8.63. The van der Waals surface area contributed by atoms with Crippen LogP contribution in [-0.2, 0) is 0 Å². The van der Waals surface area contributed by atoms with E-state index < -0.39 is 0 Å². The molecule has 1 aromatic carbocycles. The largest absolute Gasteiger partial charge is 0.508 e. The summed E-state index contributed by atoms with van der Waals surface area (Å²) >= 11 is 2.19. The first kappa shape index (κ1) is 11.2. The van der Waals surface area contributed by atoms with Gasteiger partial charge in [-0.05, 0) is 18.8 Å². The van der Waals surface area contributed by atoms with Crippen LogP contribution in [-0.4, -0.2) is 19.3 Å². The fourth-order valence-electron chi connectivity index (χ4n) is 0.428. The van der Waals surface area contributed by atoms with E-state index in [1.807, 2.05) is 12.7 Å². The third kappa shape index (κ3) is 10.2. The van der Waals surface area contributed by atoms with Crippen LogP contribution in [0.4, 0.5) is 0 Å². The van der Waals surface area contributed by atoms with E-state index in [0.29, 0.717) is 5.75 Å². The highest BCUT2D eigenvalue weighted by atomic mass is 127. The van der Waals surface area contributed by atoms with Gasteiger partial charge in [-0.25, -0.2) is 0 Å². The van der Waals surface area contributed by atoms with Crippen LogP contribution < -0.4 is 0 Å². The van der Waals surface area contributed by atoms with E-state index in [1.54, 1.807) is 24.3 Å². The van der Waals surface area contributed by atoms with Crippen LogP contribution in [0.1, 0.15) is 0 Å². The van der Waals surface area contributed by atoms with Crippen molar-refractivity contribution in [1.82, 2.24) is 0 Å². The molecule has 0 aromatic heterocycles. The predicted molar refractivity (Wildman–Crippen MR) is 60.7 cm³/mol. The quantitative estimate of drug-likeness (QED) is 0.439. The zero-order chi connectivity index (χ0) is 8.69. The molecule has 1 nitrogen and oxygen atoms in total. The maximum absolute atomic E-state index is 8.63. The van der Waals surface area contributed by atoms with Crippen molar-refractivity contribution in [2.75, 3.05) is 6.66 Å². The maximum Gasteiger partial charge on any atom is 0.123 e. The number of para-hydroxylation sites is 1. The Hall–Kier alpha value is 0.245. The van der Waals surface area contributed by atoms with Crippen LogP contribution in [0, 0.1) is 0 Å². The number of phenols is 1. The Morgan fingerprint density at radius 1 is 1.36 bits per heavy atom. The van der Waals surface area contributed by atoms with Crippen molar-refractivity contribution < 1.29 is 5.11 Å². The normalized spacial score (nSPS) is 11.1. The van der Waals surface area contributed by atoms with Crippen LogP contribution in [0.3, 0.4) is 0 Å². The average molecular weight is 278 g/mol. The van der Waals surface area contributed by atoms with E-state index >= 15 is 0 Å². The van der Waals surface area contributed by atoms with E-state index in [9.17, 15) is 0 Å². The second-order valence-electron chi connectivity index (χ2n) is 1.86. The first-order chi connectivity index (χ1) is 5.13. The fourth-order valence-corrected chi connectivity index (χ4v) is 0.428. The summed E-state index contributed by atoms with van der Waals surface area (Å²) in [6.07, 6.45) is 0. The van der Waals surface area contributed by atoms with Crippen LogP contribution in [0.15, 0.2) is 30.3 Å². The summed E-state index contributed by atoms with van der Waals surface area (Å²) < 4.78 is 0. The summed E-state index contributed by atoms with van der Waals surface area (Å²) in [6, 6.07) is 8.71. The van der Waals surface area contributed by atoms with Crippen molar-refractivity contribution in [2.45, 2.75) is 0 Å². The van der Waals surface area contributed by atoms with Crippen LogP contribution in [0.2, 0.25) is 0 Å². The molecule has 1 aromatic rings. The van der Waals surface area contributed by atoms with Crippen molar-refractivity contribution >= 4 is 35.0 Å². The van der Waals surface area contributed by atoms with Gasteiger partial charge in [0.1, 0.15) is 13.3 Å². The minimum absolute atomic E-state index is 0.150. The molecule has 0 bridgehead atoms. The number of aromatic hydroxyl groups is 1. The number of benzene rings is 1. The van der Waals surface area contributed by atoms with Crippen LogP contribution in [0.25, 0.3) is 0 Å². The molecule has 1 atom stereocenters. The van der Waals surface area contributed by atoms with Gasteiger partial charge in [0.05, 0.1) is 0 Å². The Balaban J connectivity index is 0.000000218. The summed E-state index contributed by atoms with van der Waals surface area (Å²) in [4.78, 5) is 0. The molecule has 4 heteroatoms. The molecule has 0 aliphatic heterocycles. The molecule has 58 valence electrons. The summed E-state index contributed by atoms with van der Waals surface area (Å²) in [6.45, 7) is 2.00. The topological polar surface area (TPSA) is 20.2 Å². The molecule has 0 saturated carbocycles. The van der Waals surface area contributed by atoms with E-state index in [0.717, 1.165) is 0 Å². The summed E-state index contributed by atoms with van der Waals surface area (Å²) in [5.74, 6) is 0.322. The monoisotopic (exact) mass is 278 g/mol. The summed E-state index contributed by atoms with van der Waals surface area (Å²) in [7, 11) is 5.16. The fraction of sp³-hybridized carbons (Fsp3) is 0.143. The molecular weight excluding hydrogens is 269 g/mol. The molecule has 1 N–H and O–H groups in total. The molecule has 0 saturated heterocycles. The van der Waals surface area contributed by atoms with Crippen LogP contribution in [0.5, 0.6) is 5.75 Å². The molecular formula is C7H9BIOP. The van der Waals surface area contributed by atoms with Crippen molar-refractivity contribution in [3.8, 4) is 5.75 Å². The molecule has 11 heavy (non-hydrogen) atoms. The van der Waals surface area contributed by atoms with E-state index in [2.05, 4.69) is 22.0 Å². The number of hydrogen-bond donors (Lipinski definition) is 1. The molecule has 1 unspecified atom stereocenters. The number of hydrogen-bond acceptors (Lipinski definition) is 1. The molecule has 0 spiro atoms. The highest BCUT2D eigenvalue weighted by Crippen LogP contribution is 2.32. The van der Waals surface area contributed by atoms with Crippen LogP contribution >= 0.6 is 27.5 Å². The van der Waals surface area contributed by atoms with Crippen molar-refractivity contribution in [2.24, 2.45) is 0 Å². The third-order valence-electron chi connectivity index (χ3n) is 0.756. The lowest BCUT2D eigenvalue weighted by Crippen LogP contribution is -1.56. The highest BCUT2D eigenvalue weighted by Gasteiger charge is 1.74. The summed E-state index contributed by atoms with van der Waals surface area (Å²) in [5, 5.41) is 8.63. The Morgan fingerprint density at radius 3 is 1.91 bits per heavy atom. The van der Waals surface area contributed by atoms with Gasteiger partial charge in [0.15, 0.2) is 0 Å². The van der Waals surface area contributed by atoms with Gasteiger partial charge in [-0.2, -0.15) is 0 Å². The van der Waals surface area contributed by atoms with Gasteiger partial charge >= 0.3 is 0 Å². The summed E-state index contributed by atoms with van der Waals surface area (Å²) in [5.41, 5.74) is -0.150. The molecule has 2 radical (unpaired) electrons. The third-order valence-corrected chi connectivity index (χ3v) is 0.756. The van der Waals surface area contributed by atoms with Gasteiger partial charge in [-0.3, -0.25) is 0 Å². The second kappa shape index (κ2) is 6.92. The molecule has 0 heterocycles. The zero-order valence-electron chi connectivity index (χ0n) is 6.24. The molecule has 0 aliphatic rings. The van der Waals surface area contributed by atoms with Gasteiger partial charge in [0.2, 0.25) is 0 Å². The molecule has 0 amide bonds. The lowest BCUT2D eigenvalue weighted by Gasteiger charge is -1.82. The average Bonchev–Trinajstić information content (AvgIpc) is 1.87. The SMILES string of the molecule is Oc1ccccc1.[B]P(C)I. The lowest BCUT2D eigenvalue weighted by molar-refractivity contribution is 0.475. The first-order valence-electron chi connectivity index (χ1n) is 3.01. The number of halogens is 1. The minimum Gasteiger partial charge on any atom is -0.508 e. The van der Waals surface area contributed by atoms with E-state index in [1.165, 1.54) is 0 Å². The Labute approximate surface area is 82.8 Å². The van der Waals surface area contributed by atoms with Gasteiger partial charge in [0, 0.05) is 0 Å². The van der Waals surface area contributed by atoms with E-state index in [4.69, 9.17) is 12.7 Å². The molecule has 0 fully saturated rings. The number of phenolic OH excluding ortho intramolecular Hbond substituents is 1. The predicted octanol–water partition coefficient (Wildman–Crippen LogP) is 2.92. The van der Waals surface area contributed by atoms with E-state index in [-0.39, 0.29) is 5.44 Å².